The van der Waals surface area contributed by atoms with Crippen molar-refractivity contribution >= 4 is 51.5 Å². The molecule has 0 spiro atoms. The minimum absolute atomic E-state index is 0.207. The smallest absolute Gasteiger partial charge is 0.254 e. The molecule has 3 amide bonds. The van der Waals surface area contributed by atoms with Crippen LogP contribution >= 0.6 is 22.9 Å². The number of hydrogen-bond acceptors (Lipinski definition) is 5. The van der Waals surface area contributed by atoms with Crippen LogP contribution in [0, 0.1) is 0 Å². The first-order valence-electron chi connectivity index (χ1n) is 8.71. The lowest BCUT2D eigenvalue weighted by Crippen LogP contribution is -2.43. The number of nitrogens with zero attached hydrogens (tertiary/aromatic N) is 1. The highest BCUT2D eigenvalue weighted by atomic mass is 35.5. The molecule has 29 heavy (non-hydrogen) atoms. The summed E-state index contributed by atoms with van der Waals surface area (Å²) in [7, 11) is 0. The third-order valence-electron chi connectivity index (χ3n) is 4.33. The minimum Gasteiger partial charge on any atom is -0.340 e. The minimum atomic E-state index is -0.981. The Kier molecular flexibility index (Phi) is 5.28. The first kappa shape index (κ1) is 19.1. The fourth-order valence-corrected chi connectivity index (χ4v) is 3.76. The molecule has 1 aliphatic heterocycles. The summed E-state index contributed by atoms with van der Waals surface area (Å²) in [6.45, 7) is 0. The molecule has 0 aliphatic carbocycles. The van der Waals surface area contributed by atoms with Crippen molar-refractivity contribution in [3.8, 4) is 11.3 Å². The van der Waals surface area contributed by atoms with Gasteiger partial charge in [-0.05, 0) is 24.3 Å². The van der Waals surface area contributed by atoms with Crippen molar-refractivity contribution < 1.29 is 14.4 Å². The van der Waals surface area contributed by atoms with Gasteiger partial charge >= 0.3 is 0 Å². The monoisotopic (exact) mass is 426 g/mol. The maximum atomic E-state index is 12.4. The number of thiazole rings is 1. The summed E-state index contributed by atoms with van der Waals surface area (Å²) in [5, 5.41) is 10.8. The van der Waals surface area contributed by atoms with Gasteiger partial charge in [-0.3, -0.25) is 14.4 Å². The van der Waals surface area contributed by atoms with Gasteiger partial charge in [0, 0.05) is 16.0 Å². The normalized spacial score (nSPS) is 15.7. The number of amides is 3. The SMILES string of the molecule is O=C(CC1NC(=O)c2ccccc2NC1=O)Nc1nc(-c2ccc(Cl)cc2)cs1. The largest absolute Gasteiger partial charge is 0.340 e. The van der Waals surface area contributed by atoms with Gasteiger partial charge in [0.2, 0.25) is 11.8 Å². The van der Waals surface area contributed by atoms with Crippen molar-refractivity contribution in [2.75, 3.05) is 10.6 Å². The second-order valence-corrected chi connectivity index (χ2v) is 7.65. The topological polar surface area (TPSA) is 100 Å². The molecule has 2 heterocycles. The van der Waals surface area contributed by atoms with Crippen molar-refractivity contribution in [2.24, 2.45) is 0 Å². The molecule has 7 nitrogen and oxygen atoms in total. The number of anilines is 2. The van der Waals surface area contributed by atoms with Gasteiger partial charge in [0.05, 0.1) is 23.4 Å². The Morgan fingerprint density at radius 2 is 1.90 bits per heavy atom. The molecule has 0 bridgehead atoms. The summed E-state index contributed by atoms with van der Waals surface area (Å²) >= 11 is 7.16. The average Bonchev–Trinajstić information content (AvgIpc) is 3.12. The second-order valence-electron chi connectivity index (χ2n) is 6.36. The standard InChI is InChI=1S/C20H15ClN4O3S/c21-12-7-5-11(6-8-12)16-10-29-20(24-16)25-17(26)9-15-19(28)22-14-4-2-1-3-13(14)18(27)23-15/h1-8,10,15H,9H2,(H,22,28)(H,23,27)(H,24,25,26). The van der Waals surface area contributed by atoms with Gasteiger partial charge in [0.1, 0.15) is 6.04 Å². The zero-order valence-electron chi connectivity index (χ0n) is 14.9. The summed E-state index contributed by atoms with van der Waals surface area (Å²) in [6.07, 6.45) is -0.207. The molecule has 1 aromatic heterocycles. The van der Waals surface area contributed by atoms with E-state index in [0.29, 0.717) is 27.1 Å². The van der Waals surface area contributed by atoms with Crippen LogP contribution in [-0.2, 0) is 9.59 Å². The van der Waals surface area contributed by atoms with E-state index < -0.39 is 23.8 Å². The van der Waals surface area contributed by atoms with E-state index in [-0.39, 0.29) is 6.42 Å². The van der Waals surface area contributed by atoms with Crippen LogP contribution in [0.1, 0.15) is 16.8 Å². The van der Waals surface area contributed by atoms with Gasteiger partial charge in [0.15, 0.2) is 5.13 Å². The van der Waals surface area contributed by atoms with Gasteiger partial charge in [-0.2, -0.15) is 0 Å². The van der Waals surface area contributed by atoms with Crippen LogP contribution in [0.3, 0.4) is 0 Å². The molecule has 0 radical (unpaired) electrons. The van der Waals surface area contributed by atoms with E-state index in [1.165, 1.54) is 11.3 Å². The van der Waals surface area contributed by atoms with Gasteiger partial charge in [0.25, 0.3) is 5.91 Å². The molecule has 0 saturated carbocycles. The molecule has 9 heteroatoms. The molecule has 3 aromatic rings. The molecule has 1 unspecified atom stereocenters. The van der Waals surface area contributed by atoms with E-state index in [9.17, 15) is 14.4 Å². The predicted octanol–water partition coefficient (Wildman–Crippen LogP) is 3.54. The van der Waals surface area contributed by atoms with E-state index in [0.717, 1.165) is 5.56 Å². The average molecular weight is 427 g/mol. The highest BCUT2D eigenvalue weighted by Gasteiger charge is 2.29. The number of para-hydroxylation sites is 1. The Labute approximate surface area is 175 Å². The zero-order valence-corrected chi connectivity index (χ0v) is 16.5. The van der Waals surface area contributed by atoms with Crippen LogP contribution in [0.4, 0.5) is 10.8 Å². The van der Waals surface area contributed by atoms with Gasteiger partial charge in [-0.1, -0.05) is 35.9 Å². The van der Waals surface area contributed by atoms with Crippen LogP contribution in [0.5, 0.6) is 0 Å². The Balaban J connectivity index is 1.42. The molecule has 2 aromatic carbocycles. The number of halogens is 1. The van der Waals surface area contributed by atoms with Crippen molar-refractivity contribution in [3.05, 3.63) is 64.5 Å². The van der Waals surface area contributed by atoms with Crippen LogP contribution in [0.25, 0.3) is 11.3 Å². The molecule has 1 aliphatic rings. The molecular weight excluding hydrogens is 412 g/mol. The van der Waals surface area contributed by atoms with Crippen LogP contribution in [-0.4, -0.2) is 28.7 Å². The van der Waals surface area contributed by atoms with Gasteiger partial charge in [-0.25, -0.2) is 4.98 Å². The van der Waals surface area contributed by atoms with Crippen molar-refractivity contribution in [1.29, 1.82) is 0 Å². The van der Waals surface area contributed by atoms with Gasteiger partial charge in [-0.15, -0.1) is 11.3 Å². The highest BCUT2D eigenvalue weighted by Crippen LogP contribution is 2.26. The number of benzene rings is 2. The third-order valence-corrected chi connectivity index (χ3v) is 5.34. The van der Waals surface area contributed by atoms with Crippen molar-refractivity contribution in [3.63, 3.8) is 0 Å². The number of hydrogen-bond donors (Lipinski definition) is 3. The number of carbonyl (C=O) groups excluding carboxylic acids is 3. The van der Waals surface area contributed by atoms with E-state index in [1.807, 2.05) is 17.5 Å². The first-order valence-corrected chi connectivity index (χ1v) is 9.97. The van der Waals surface area contributed by atoms with Crippen molar-refractivity contribution in [1.82, 2.24) is 10.3 Å². The number of aromatic nitrogens is 1. The Bertz CT molecular complexity index is 1100. The number of nitrogens with one attached hydrogen (secondary N) is 3. The van der Waals surface area contributed by atoms with Crippen LogP contribution in [0.15, 0.2) is 53.9 Å². The molecule has 146 valence electrons. The Hall–Kier alpha value is -3.23. The lowest BCUT2D eigenvalue weighted by Gasteiger charge is -2.13. The number of carbonyl (C=O) groups is 3. The second kappa shape index (κ2) is 8.02. The number of rotatable bonds is 4. The Morgan fingerprint density at radius 3 is 2.69 bits per heavy atom. The lowest BCUT2D eigenvalue weighted by molar-refractivity contribution is -0.122. The molecular formula is C20H15ClN4O3S. The van der Waals surface area contributed by atoms with Gasteiger partial charge < -0.3 is 16.0 Å². The van der Waals surface area contributed by atoms with Crippen LogP contribution in [0.2, 0.25) is 5.02 Å². The summed E-state index contributed by atoms with van der Waals surface area (Å²) in [4.78, 5) is 41.5. The fraction of sp³-hybridized carbons (Fsp3) is 0.100. The maximum absolute atomic E-state index is 12.4. The van der Waals surface area contributed by atoms with E-state index >= 15 is 0 Å². The van der Waals surface area contributed by atoms with E-state index in [4.69, 9.17) is 11.6 Å². The predicted molar refractivity (Wildman–Crippen MR) is 112 cm³/mol. The summed E-state index contributed by atoms with van der Waals surface area (Å²) < 4.78 is 0. The first-order chi connectivity index (χ1) is 14.0. The lowest BCUT2D eigenvalue weighted by atomic mass is 10.1. The zero-order chi connectivity index (χ0) is 20.4. The molecule has 0 fully saturated rings. The molecule has 3 N–H and O–H groups in total. The Morgan fingerprint density at radius 1 is 1.14 bits per heavy atom. The third kappa shape index (κ3) is 4.28. The molecule has 1 atom stereocenters. The van der Waals surface area contributed by atoms with E-state index in [2.05, 4.69) is 20.9 Å². The summed E-state index contributed by atoms with van der Waals surface area (Å²) in [5.41, 5.74) is 2.36. The van der Waals surface area contributed by atoms with Crippen molar-refractivity contribution in [2.45, 2.75) is 12.5 Å². The fourth-order valence-electron chi connectivity index (χ4n) is 2.90. The van der Waals surface area contributed by atoms with E-state index in [1.54, 1.807) is 36.4 Å². The van der Waals surface area contributed by atoms with Crippen LogP contribution < -0.4 is 16.0 Å². The highest BCUT2D eigenvalue weighted by molar-refractivity contribution is 7.14. The quantitative estimate of drug-likeness (QED) is 0.594. The summed E-state index contributed by atoms with van der Waals surface area (Å²) in [5.74, 6) is -1.27. The number of fused-ring (bicyclic) bond motifs is 1. The molecule has 4 rings (SSSR count). The maximum Gasteiger partial charge on any atom is 0.254 e. The molecule has 0 saturated heterocycles. The summed E-state index contributed by atoms with van der Waals surface area (Å²) in [6, 6.07) is 12.9.